The van der Waals surface area contributed by atoms with Crippen molar-refractivity contribution >= 4 is 29.1 Å². The first-order valence-electron chi connectivity index (χ1n) is 8.56. The summed E-state index contributed by atoms with van der Waals surface area (Å²) in [4.78, 5) is 35.3. The molecule has 0 aliphatic rings. The Balaban J connectivity index is 1.94. The smallest absolute Gasteiger partial charge is 0.313 e. The fourth-order valence-electron chi connectivity index (χ4n) is 2.51. The van der Waals surface area contributed by atoms with Crippen molar-refractivity contribution in [1.82, 2.24) is 5.32 Å². The second-order valence-corrected chi connectivity index (χ2v) is 5.93. The van der Waals surface area contributed by atoms with E-state index in [1.807, 2.05) is 12.1 Å². The molecule has 2 aromatic carbocycles. The molecule has 0 aromatic heterocycles. The first-order chi connectivity index (χ1) is 13.4. The molecular weight excluding hydrogens is 362 g/mol. The van der Waals surface area contributed by atoms with Crippen molar-refractivity contribution in [2.45, 2.75) is 13.0 Å². The van der Waals surface area contributed by atoms with Gasteiger partial charge in [-0.3, -0.25) is 14.4 Å². The van der Waals surface area contributed by atoms with E-state index in [1.165, 1.54) is 14.0 Å². The molecule has 0 radical (unpaired) electrons. The van der Waals surface area contributed by atoms with E-state index in [4.69, 9.17) is 9.47 Å². The van der Waals surface area contributed by atoms with Gasteiger partial charge in [0, 0.05) is 32.0 Å². The van der Waals surface area contributed by atoms with Crippen molar-refractivity contribution in [2.24, 2.45) is 0 Å². The number of rotatable bonds is 7. The van der Waals surface area contributed by atoms with Crippen LogP contribution in [0.15, 0.2) is 48.5 Å². The van der Waals surface area contributed by atoms with Crippen molar-refractivity contribution in [3.8, 4) is 5.75 Å². The quantitative estimate of drug-likeness (QED) is 0.633. The molecule has 3 amide bonds. The summed E-state index contributed by atoms with van der Waals surface area (Å²) < 4.78 is 10.6. The molecule has 0 heterocycles. The molecule has 2 rings (SSSR count). The minimum absolute atomic E-state index is 0.113. The molecule has 0 aliphatic heterocycles. The van der Waals surface area contributed by atoms with E-state index in [2.05, 4.69) is 16.0 Å². The Morgan fingerprint density at radius 3 is 2.25 bits per heavy atom. The summed E-state index contributed by atoms with van der Waals surface area (Å²) in [6, 6.07) is 13.8. The maximum atomic E-state index is 12.1. The number of ether oxygens (including phenoxy) is 2. The van der Waals surface area contributed by atoms with E-state index in [0.717, 1.165) is 5.56 Å². The number of anilines is 2. The maximum absolute atomic E-state index is 12.1. The summed E-state index contributed by atoms with van der Waals surface area (Å²) in [5.41, 5.74) is 1.72. The highest BCUT2D eigenvalue weighted by molar-refractivity contribution is 6.39. The summed E-state index contributed by atoms with van der Waals surface area (Å²) in [6.07, 6.45) is -0.435. The Labute approximate surface area is 163 Å². The zero-order valence-electron chi connectivity index (χ0n) is 15.9. The molecule has 1 unspecified atom stereocenters. The number of hydrogen-bond acceptors (Lipinski definition) is 5. The van der Waals surface area contributed by atoms with Crippen LogP contribution in [0, 0.1) is 0 Å². The number of carbonyl (C=O) groups excluding carboxylic acids is 3. The summed E-state index contributed by atoms with van der Waals surface area (Å²) in [7, 11) is 3.08. The first kappa shape index (κ1) is 20.9. The molecule has 8 heteroatoms. The molecule has 0 spiro atoms. The van der Waals surface area contributed by atoms with E-state index >= 15 is 0 Å². The largest absolute Gasteiger partial charge is 0.497 e. The minimum Gasteiger partial charge on any atom is -0.497 e. The average Bonchev–Trinajstić information content (AvgIpc) is 2.68. The van der Waals surface area contributed by atoms with Gasteiger partial charge in [-0.25, -0.2) is 0 Å². The van der Waals surface area contributed by atoms with Crippen LogP contribution in [0.3, 0.4) is 0 Å². The average molecular weight is 385 g/mol. The summed E-state index contributed by atoms with van der Waals surface area (Å²) in [6.45, 7) is 1.50. The van der Waals surface area contributed by atoms with Crippen molar-refractivity contribution < 1.29 is 23.9 Å². The highest BCUT2D eigenvalue weighted by atomic mass is 16.5. The number of methoxy groups -OCH3 is 2. The zero-order chi connectivity index (χ0) is 20.5. The second-order valence-electron chi connectivity index (χ2n) is 5.93. The third kappa shape index (κ3) is 6.10. The van der Waals surface area contributed by atoms with E-state index in [9.17, 15) is 14.4 Å². The van der Waals surface area contributed by atoms with Crippen LogP contribution in [0.25, 0.3) is 0 Å². The third-order valence-electron chi connectivity index (χ3n) is 3.85. The predicted octanol–water partition coefficient (Wildman–Crippen LogP) is 2.10. The van der Waals surface area contributed by atoms with Crippen LogP contribution in [0.5, 0.6) is 5.75 Å². The molecule has 8 nitrogen and oxygen atoms in total. The normalized spacial score (nSPS) is 11.2. The Morgan fingerprint density at radius 2 is 1.61 bits per heavy atom. The van der Waals surface area contributed by atoms with Gasteiger partial charge in [0.25, 0.3) is 0 Å². The van der Waals surface area contributed by atoms with Crippen LogP contribution < -0.4 is 20.7 Å². The van der Waals surface area contributed by atoms with Crippen LogP contribution in [0.4, 0.5) is 11.4 Å². The molecule has 1 atom stereocenters. The molecule has 2 aromatic rings. The van der Waals surface area contributed by atoms with E-state index in [0.29, 0.717) is 17.1 Å². The summed E-state index contributed by atoms with van der Waals surface area (Å²) in [5.74, 6) is -1.18. The fraction of sp³-hybridized carbons (Fsp3) is 0.250. The molecule has 28 heavy (non-hydrogen) atoms. The van der Waals surface area contributed by atoms with Crippen LogP contribution in [-0.2, 0) is 19.1 Å². The van der Waals surface area contributed by atoms with Gasteiger partial charge in [0.1, 0.15) is 5.75 Å². The monoisotopic (exact) mass is 385 g/mol. The van der Waals surface area contributed by atoms with Crippen LogP contribution in [-0.4, -0.2) is 38.5 Å². The number of nitrogens with one attached hydrogen (secondary N) is 3. The molecule has 3 N–H and O–H groups in total. The summed E-state index contributed by atoms with van der Waals surface area (Å²) in [5, 5.41) is 7.65. The zero-order valence-corrected chi connectivity index (χ0v) is 15.9. The lowest BCUT2D eigenvalue weighted by atomic mass is 10.1. The van der Waals surface area contributed by atoms with Crippen molar-refractivity contribution in [2.75, 3.05) is 31.4 Å². The van der Waals surface area contributed by atoms with Gasteiger partial charge in [-0.2, -0.15) is 0 Å². The lowest BCUT2D eigenvalue weighted by molar-refractivity contribution is -0.136. The number of amides is 3. The number of hydrogen-bond donors (Lipinski definition) is 3. The predicted molar refractivity (Wildman–Crippen MR) is 105 cm³/mol. The second kappa shape index (κ2) is 10.1. The highest BCUT2D eigenvalue weighted by Crippen LogP contribution is 2.21. The van der Waals surface area contributed by atoms with Crippen molar-refractivity contribution in [3.05, 3.63) is 54.1 Å². The molecule has 0 saturated carbocycles. The van der Waals surface area contributed by atoms with Crippen LogP contribution in [0.2, 0.25) is 0 Å². The minimum atomic E-state index is -0.819. The molecular formula is C20H23N3O5. The van der Waals surface area contributed by atoms with Crippen LogP contribution >= 0.6 is 0 Å². The van der Waals surface area contributed by atoms with Gasteiger partial charge < -0.3 is 25.4 Å². The van der Waals surface area contributed by atoms with E-state index in [1.54, 1.807) is 43.5 Å². The third-order valence-corrected chi connectivity index (χ3v) is 3.85. The molecule has 0 saturated heterocycles. The lowest BCUT2D eigenvalue weighted by Crippen LogP contribution is -2.38. The highest BCUT2D eigenvalue weighted by Gasteiger charge is 2.17. The Bertz CT molecular complexity index is 853. The Morgan fingerprint density at radius 1 is 0.929 bits per heavy atom. The van der Waals surface area contributed by atoms with Crippen molar-refractivity contribution in [1.29, 1.82) is 0 Å². The number of carbonyl (C=O) groups is 3. The van der Waals surface area contributed by atoms with Crippen LogP contribution in [0.1, 0.15) is 18.6 Å². The SMILES string of the molecule is COc1cccc(C(CNC(=O)C(=O)Nc2cccc(NC(C)=O)c2)OC)c1. The van der Waals surface area contributed by atoms with E-state index in [-0.39, 0.29) is 12.5 Å². The van der Waals surface area contributed by atoms with Gasteiger partial charge in [-0.15, -0.1) is 0 Å². The van der Waals surface area contributed by atoms with Gasteiger partial charge >= 0.3 is 11.8 Å². The van der Waals surface area contributed by atoms with Crippen molar-refractivity contribution in [3.63, 3.8) is 0 Å². The van der Waals surface area contributed by atoms with Gasteiger partial charge in [-0.1, -0.05) is 18.2 Å². The van der Waals surface area contributed by atoms with Gasteiger partial charge in [0.2, 0.25) is 5.91 Å². The topological polar surface area (TPSA) is 106 Å². The van der Waals surface area contributed by atoms with Gasteiger partial charge in [-0.05, 0) is 35.9 Å². The fourth-order valence-corrected chi connectivity index (χ4v) is 2.51. The maximum Gasteiger partial charge on any atom is 0.313 e. The molecule has 0 bridgehead atoms. The number of benzene rings is 2. The molecule has 0 fully saturated rings. The van der Waals surface area contributed by atoms with Gasteiger partial charge in [0.05, 0.1) is 13.2 Å². The molecule has 148 valence electrons. The standard InChI is InChI=1S/C20H23N3O5/c1-13(24)22-15-7-5-8-16(11-15)23-20(26)19(25)21-12-18(28-3)14-6-4-9-17(10-14)27-2/h4-11,18H,12H2,1-3H3,(H,21,25)(H,22,24)(H,23,26). The summed E-state index contributed by atoms with van der Waals surface area (Å²) >= 11 is 0. The molecule has 0 aliphatic carbocycles. The van der Waals surface area contributed by atoms with Gasteiger partial charge in [0.15, 0.2) is 0 Å². The Hall–Kier alpha value is -3.39. The Kier molecular flexibility index (Phi) is 7.53. The first-order valence-corrected chi connectivity index (χ1v) is 8.56. The lowest BCUT2D eigenvalue weighted by Gasteiger charge is -2.17. The van der Waals surface area contributed by atoms with E-state index < -0.39 is 17.9 Å².